The zero-order chi connectivity index (χ0) is 33.5. The summed E-state index contributed by atoms with van der Waals surface area (Å²) in [4.78, 5) is 66.9. The highest BCUT2D eigenvalue weighted by molar-refractivity contribution is 5.98. The fourth-order valence-electron chi connectivity index (χ4n) is 4.61. The molecule has 1 aromatic heterocycles. The van der Waals surface area contributed by atoms with Gasteiger partial charge in [0.1, 0.15) is 18.1 Å². The lowest BCUT2D eigenvalue weighted by Crippen LogP contribution is -2.58. The Bertz CT molecular complexity index is 1360. The van der Waals surface area contributed by atoms with Gasteiger partial charge in [0.15, 0.2) is 11.5 Å². The van der Waals surface area contributed by atoms with Crippen LogP contribution in [0.4, 0.5) is 0 Å². The Hall–Kier alpha value is -4.30. The summed E-state index contributed by atoms with van der Waals surface area (Å²) in [6.07, 6.45) is -0.155. The predicted molar refractivity (Wildman–Crippen MR) is 163 cm³/mol. The fraction of sp³-hybridized carbons (Fsp3) is 0.548. The van der Waals surface area contributed by atoms with Gasteiger partial charge in [0.25, 0.3) is 11.8 Å². The van der Waals surface area contributed by atoms with Gasteiger partial charge in [0.05, 0.1) is 18.2 Å². The molecule has 4 atom stereocenters. The molecule has 2 aromatic rings. The highest BCUT2D eigenvalue weighted by Crippen LogP contribution is 2.16. The molecule has 1 aromatic carbocycles. The highest BCUT2D eigenvalue weighted by atomic mass is 16.5. The number of rotatable bonds is 6. The highest BCUT2D eigenvalue weighted by Gasteiger charge is 2.32. The number of hydrogen-bond acceptors (Lipinski definition) is 9. The Morgan fingerprint density at radius 1 is 1.02 bits per heavy atom. The normalized spacial score (nSPS) is 21.6. The number of amides is 5. The second-order valence-electron chi connectivity index (χ2n) is 12.4. The third-order valence-electron chi connectivity index (χ3n) is 7.38. The zero-order valence-electron chi connectivity index (χ0n) is 26.5. The minimum absolute atomic E-state index is 0.0389. The maximum atomic E-state index is 13.6. The first-order valence-corrected chi connectivity index (χ1v) is 15.0. The van der Waals surface area contributed by atoms with E-state index in [9.17, 15) is 34.2 Å². The van der Waals surface area contributed by atoms with E-state index < -0.39 is 53.5 Å². The van der Waals surface area contributed by atoms with Gasteiger partial charge in [-0.15, -0.1) is 0 Å². The van der Waals surface area contributed by atoms with E-state index >= 15 is 0 Å². The number of aliphatic hydroxyl groups is 2. The Morgan fingerprint density at radius 3 is 2.29 bits per heavy atom. The van der Waals surface area contributed by atoms with E-state index in [4.69, 9.17) is 4.52 Å². The van der Waals surface area contributed by atoms with Gasteiger partial charge in [-0.05, 0) is 64.2 Å². The van der Waals surface area contributed by atoms with Crippen LogP contribution in [0.3, 0.4) is 0 Å². The second kappa shape index (κ2) is 15.1. The van der Waals surface area contributed by atoms with Gasteiger partial charge in [-0.2, -0.15) is 0 Å². The maximum absolute atomic E-state index is 13.6. The lowest BCUT2D eigenvalue weighted by molar-refractivity contribution is -0.133. The van der Waals surface area contributed by atoms with E-state index in [1.165, 1.54) is 24.8 Å². The topological polar surface area (TPSA) is 203 Å². The standard InChI is InChI=1S/C31H44N6O8/c1-17(2)24-28(41)32-13-14-37(30(43)21-9-7-20(8-10-21)11-12-31(5,6)44)16-22-15-23(36-45-22)27(40)35-25(19(4)38)29(42)33-18(3)26(39)34-24/h7-10,15,17-19,24-25,38,44H,11-14,16H2,1-6H3,(H,32,41)(H,33,42)(H,34,39)(H,35,40)/t18-,19+,24-,25-/m0/s1. The molecule has 14 heteroatoms. The molecule has 5 amide bonds. The van der Waals surface area contributed by atoms with E-state index in [0.29, 0.717) is 18.4 Å². The lowest BCUT2D eigenvalue weighted by atomic mass is 9.98. The average molecular weight is 629 g/mol. The van der Waals surface area contributed by atoms with Gasteiger partial charge < -0.3 is 40.9 Å². The van der Waals surface area contributed by atoms with Crippen LogP contribution in [-0.2, 0) is 27.3 Å². The average Bonchev–Trinajstić information content (AvgIpc) is 3.44. The van der Waals surface area contributed by atoms with E-state index in [-0.39, 0.29) is 42.9 Å². The molecule has 246 valence electrons. The van der Waals surface area contributed by atoms with Crippen molar-refractivity contribution in [2.75, 3.05) is 13.1 Å². The number of carbonyl (C=O) groups is 5. The van der Waals surface area contributed by atoms with Crippen LogP contribution in [0.5, 0.6) is 0 Å². The summed E-state index contributed by atoms with van der Waals surface area (Å²) in [6, 6.07) is 4.82. The van der Waals surface area contributed by atoms with Crippen LogP contribution < -0.4 is 21.3 Å². The van der Waals surface area contributed by atoms with Crippen molar-refractivity contribution in [3.63, 3.8) is 0 Å². The van der Waals surface area contributed by atoms with Crippen LogP contribution in [0.1, 0.15) is 80.1 Å². The fourth-order valence-corrected chi connectivity index (χ4v) is 4.61. The lowest BCUT2D eigenvalue weighted by Gasteiger charge is -2.26. The third kappa shape index (κ3) is 10.1. The van der Waals surface area contributed by atoms with Crippen LogP contribution in [0.15, 0.2) is 34.9 Å². The van der Waals surface area contributed by atoms with Crippen molar-refractivity contribution in [2.45, 2.75) is 90.8 Å². The summed E-state index contributed by atoms with van der Waals surface area (Å²) >= 11 is 0. The number of nitrogens with one attached hydrogen (secondary N) is 4. The Labute approximate surface area is 262 Å². The largest absolute Gasteiger partial charge is 0.391 e. The summed E-state index contributed by atoms with van der Waals surface area (Å²) in [5.41, 5.74) is 0.317. The molecule has 0 spiro atoms. The van der Waals surface area contributed by atoms with Crippen LogP contribution in [0.25, 0.3) is 0 Å². The summed E-state index contributed by atoms with van der Waals surface area (Å²) < 4.78 is 5.34. The molecule has 0 saturated heterocycles. The quantitative estimate of drug-likeness (QED) is 0.260. The Balaban J connectivity index is 1.90. The number of fused-ring (bicyclic) bond motifs is 2. The summed E-state index contributed by atoms with van der Waals surface area (Å²) in [5.74, 6) is -3.26. The van der Waals surface area contributed by atoms with Crippen molar-refractivity contribution >= 4 is 29.5 Å². The van der Waals surface area contributed by atoms with Crippen molar-refractivity contribution in [3.05, 3.63) is 52.9 Å². The maximum Gasteiger partial charge on any atom is 0.274 e. The number of aliphatic hydroxyl groups excluding tert-OH is 1. The van der Waals surface area contributed by atoms with E-state index in [1.807, 2.05) is 12.1 Å². The first kappa shape index (κ1) is 35.2. The van der Waals surface area contributed by atoms with Crippen LogP contribution in [0, 0.1) is 5.92 Å². The van der Waals surface area contributed by atoms with Crippen molar-refractivity contribution in [2.24, 2.45) is 5.92 Å². The second-order valence-corrected chi connectivity index (χ2v) is 12.4. The number of benzene rings is 1. The zero-order valence-corrected chi connectivity index (χ0v) is 26.5. The molecular formula is C31H44N6O8. The van der Waals surface area contributed by atoms with Gasteiger partial charge in [-0.25, -0.2) is 0 Å². The van der Waals surface area contributed by atoms with E-state index in [0.717, 1.165) is 5.56 Å². The molecule has 0 radical (unpaired) electrons. The van der Waals surface area contributed by atoms with Crippen molar-refractivity contribution in [3.8, 4) is 0 Å². The molecule has 0 saturated carbocycles. The predicted octanol–water partition coefficient (Wildman–Crippen LogP) is 0.275. The number of aryl methyl sites for hydroxylation is 1. The number of carbonyl (C=O) groups excluding carboxylic acids is 5. The van der Waals surface area contributed by atoms with E-state index in [1.54, 1.807) is 39.8 Å². The molecule has 0 unspecified atom stereocenters. The van der Waals surface area contributed by atoms with Crippen molar-refractivity contribution in [1.82, 2.24) is 31.3 Å². The number of hydrogen-bond donors (Lipinski definition) is 6. The minimum atomic E-state index is -1.43. The summed E-state index contributed by atoms with van der Waals surface area (Å²) in [5, 5.41) is 34.3. The number of aromatic nitrogens is 1. The molecule has 2 heterocycles. The van der Waals surface area contributed by atoms with Gasteiger partial charge in [0, 0.05) is 24.7 Å². The van der Waals surface area contributed by atoms with Crippen molar-refractivity contribution in [1.29, 1.82) is 0 Å². The molecule has 6 N–H and O–H groups in total. The van der Waals surface area contributed by atoms with Gasteiger partial charge >= 0.3 is 0 Å². The molecule has 45 heavy (non-hydrogen) atoms. The van der Waals surface area contributed by atoms with Crippen molar-refractivity contribution < 1.29 is 38.7 Å². The van der Waals surface area contributed by atoms with Crippen LogP contribution >= 0.6 is 0 Å². The Kier molecular flexibility index (Phi) is 11.8. The monoisotopic (exact) mass is 628 g/mol. The molecule has 1 aliphatic heterocycles. The number of nitrogens with zero attached hydrogens (tertiary/aromatic N) is 2. The molecule has 14 nitrogen and oxygen atoms in total. The van der Waals surface area contributed by atoms with Crippen LogP contribution in [-0.4, -0.2) is 92.7 Å². The van der Waals surface area contributed by atoms with Crippen LogP contribution in [0.2, 0.25) is 0 Å². The van der Waals surface area contributed by atoms with Gasteiger partial charge in [-0.1, -0.05) is 31.1 Å². The first-order valence-electron chi connectivity index (χ1n) is 15.0. The molecule has 0 fully saturated rings. The first-order chi connectivity index (χ1) is 21.1. The Morgan fingerprint density at radius 2 is 1.69 bits per heavy atom. The molecule has 0 aliphatic carbocycles. The van der Waals surface area contributed by atoms with E-state index in [2.05, 4.69) is 26.4 Å². The molecule has 1 aliphatic rings. The molecule has 2 bridgehead atoms. The summed E-state index contributed by atoms with van der Waals surface area (Å²) in [7, 11) is 0. The minimum Gasteiger partial charge on any atom is -0.391 e. The van der Waals surface area contributed by atoms with Gasteiger partial charge in [0.2, 0.25) is 17.7 Å². The van der Waals surface area contributed by atoms with Gasteiger partial charge in [-0.3, -0.25) is 24.0 Å². The smallest absolute Gasteiger partial charge is 0.274 e. The molecular weight excluding hydrogens is 584 g/mol. The third-order valence-corrected chi connectivity index (χ3v) is 7.38. The summed E-state index contributed by atoms with van der Waals surface area (Å²) in [6.45, 7) is 9.68. The SMILES string of the molecule is CC(C)[C@@H]1NC(=O)[C@H](C)NC(=O)[C@H]([C@@H](C)O)NC(=O)c2cc(on2)CN(C(=O)c2ccc(CCC(C)(C)O)cc2)CCNC1=O. The molecule has 3 rings (SSSR count).